The molecule has 5 nitrogen and oxygen atoms in total. The minimum atomic E-state index is -0.539. The third-order valence-corrected chi connectivity index (χ3v) is 3.79. The van der Waals surface area contributed by atoms with Gasteiger partial charge in [0.1, 0.15) is 6.04 Å². The molecular formula is C17H25N3O2. The number of benzene rings is 1. The van der Waals surface area contributed by atoms with E-state index in [9.17, 15) is 9.59 Å². The number of amides is 2. The molecule has 0 aliphatic carbocycles. The highest BCUT2D eigenvalue weighted by Gasteiger charge is 2.24. The first kappa shape index (κ1) is 16.5. The van der Waals surface area contributed by atoms with Crippen molar-refractivity contribution in [3.63, 3.8) is 0 Å². The number of carbonyl (C=O) groups excluding carboxylic acids is 2. The molecule has 1 heterocycles. The highest BCUT2D eigenvalue weighted by atomic mass is 16.2. The van der Waals surface area contributed by atoms with E-state index in [1.165, 1.54) is 11.1 Å². The average Bonchev–Trinajstić information content (AvgIpc) is 2.90. The third-order valence-electron chi connectivity index (χ3n) is 3.79. The summed E-state index contributed by atoms with van der Waals surface area (Å²) >= 11 is 0. The maximum atomic E-state index is 12.1. The number of hydrogen-bond donors (Lipinski definition) is 3. The first-order valence-corrected chi connectivity index (χ1v) is 7.67. The van der Waals surface area contributed by atoms with Gasteiger partial charge in [0.15, 0.2) is 0 Å². The lowest BCUT2D eigenvalue weighted by molar-refractivity contribution is -0.133. The van der Waals surface area contributed by atoms with Crippen LogP contribution >= 0.6 is 0 Å². The SMILES string of the molecule is CC(NC(=O)C(C)(C)C)C(=O)NCc1ccc2c(c1)CNC2. The highest BCUT2D eigenvalue weighted by Crippen LogP contribution is 2.17. The van der Waals surface area contributed by atoms with Crippen molar-refractivity contribution in [2.45, 2.75) is 53.4 Å². The van der Waals surface area contributed by atoms with E-state index in [4.69, 9.17) is 0 Å². The van der Waals surface area contributed by atoms with E-state index in [1.807, 2.05) is 26.8 Å². The Bertz CT molecular complexity index is 576. The number of nitrogens with one attached hydrogen (secondary N) is 3. The van der Waals surface area contributed by atoms with E-state index in [0.29, 0.717) is 6.54 Å². The molecule has 0 saturated carbocycles. The zero-order chi connectivity index (χ0) is 16.3. The van der Waals surface area contributed by atoms with Gasteiger partial charge in [-0.1, -0.05) is 39.0 Å². The molecule has 3 N–H and O–H groups in total. The Morgan fingerprint density at radius 1 is 1.23 bits per heavy atom. The predicted molar refractivity (Wildman–Crippen MR) is 85.9 cm³/mol. The van der Waals surface area contributed by atoms with Gasteiger partial charge in [-0.15, -0.1) is 0 Å². The minimum Gasteiger partial charge on any atom is -0.350 e. The Morgan fingerprint density at radius 2 is 1.91 bits per heavy atom. The summed E-state index contributed by atoms with van der Waals surface area (Å²) in [5.74, 6) is -0.296. The third kappa shape index (κ3) is 4.07. The van der Waals surface area contributed by atoms with Gasteiger partial charge in [-0.2, -0.15) is 0 Å². The Morgan fingerprint density at radius 3 is 2.59 bits per heavy atom. The van der Waals surface area contributed by atoms with Crippen LogP contribution in [0.3, 0.4) is 0 Å². The van der Waals surface area contributed by atoms with Crippen molar-refractivity contribution in [1.82, 2.24) is 16.0 Å². The predicted octanol–water partition coefficient (Wildman–Crippen LogP) is 1.46. The summed E-state index contributed by atoms with van der Waals surface area (Å²) in [6.07, 6.45) is 0. The highest BCUT2D eigenvalue weighted by molar-refractivity contribution is 5.89. The van der Waals surface area contributed by atoms with E-state index >= 15 is 0 Å². The monoisotopic (exact) mass is 303 g/mol. The smallest absolute Gasteiger partial charge is 0.242 e. The molecule has 0 fully saturated rings. The molecule has 120 valence electrons. The average molecular weight is 303 g/mol. The zero-order valence-electron chi connectivity index (χ0n) is 13.7. The topological polar surface area (TPSA) is 70.2 Å². The summed E-state index contributed by atoms with van der Waals surface area (Å²) in [6, 6.07) is 5.71. The molecule has 1 aliphatic rings. The van der Waals surface area contributed by atoms with Crippen LogP contribution in [-0.4, -0.2) is 17.9 Å². The number of carbonyl (C=O) groups is 2. The summed E-state index contributed by atoms with van der Waals surface area (Å²) in [5, 5.41) is 8.91. The second kappa shape index (κ2) is 6.48. The Hall–Kier alpha value is -1.88. The molecule has 0 bridgehead atoms. The number of hydrogen-bond acceptors (Lipinski definition) is 3. The fourth-order valence-corrected chi connectivity index (χ4v) is 2.28. The van der Waals surface area contributed by atoms with E-state index in [0.717, 1.165) is 18.7 Å². The van der Waals surface area contributed by atoms with E-state index in [1.54, 1.807) is 6.92 Å². The maximum absolute atomic E-state index is 12.1. The van der Waals surface area contributed by atoms with Crippen LogP contribution in [0.15, 0.2) is 18.2 Å². The molecule has 0 saturated heterocycles. The number of fused-ring (bicyclic) bond motifs is 1. The molecular weight excluding hydrogens is 278 g/mol. The molecule has 5 heteroatoms. The van der Waals surface area contributed by atoms with Crippen molar-refractivity contribution >= 4 is 11.8 Å². The van der Waals surface area contributed by atoms with Crippen LogP contribution in [0.4, 0.5) is 0 Å². The van der Waals surface area contributed by atoms with Crippen molar-refractivity contribution in [2.24, 2.45) is 5.41 Å². The van der Waals surface area contributed by atoms with Gasteiger partial charge in [0.2, 0.25) is 11.8 Å². The van der Waals surface area contributed by atoms with Crippen LogP contribution in [-0.2, 0) is 29.2 Å². The summed E-state index contributed by atoms with van der Waals surface area (Å²) in [7, 11) is 0. The molecule has 1 aromatic rings. The maximum Gasteiger partial charge on any atom is 0.242 e. The van der Waals surface area contributed by atoms with E-state index in [-0.39, 0.29) is 11.8 Å². The van der Waals surface area contributed by atoms with Gasteiger partial charge in [0.25, 0.3) is 0 Å². The molecule has 2 rings (SSSR count). The molecule has 0 radical (unpaired) electrons. The van der Waals surface area contributed by atoms with Crippen LogP contribution in [0, 0.1) is 5.41 Å². The molecule has 1 unspecified atom stereocenters. The molecule has 0 spiro atoms. The van der Waals surface area contributed by atoms with Crippen LogP contribution in [0.2, 0.25) is 0 Å². The van der Waals surface area contributed by atoms with Crippen molar-refractivity contribution in [2.75, 3.05) is 0 Å². The van der Waals surface area contributed by atoms with Gasteiger partial charge in [-0.3, -0.25) is 9.59 Å². The first-order valence-electron chi connectivity index (χ1n) is 7.67. The van der Waals surface area contributed by atoms with Crippen LogP contribution in [0.25, 0.3) is 0 Å². The van der Waals surface area contributed by atoms with E-state index in [2.05, 4.69) is 28.1 Å². The van der Waals surface area contributed by atoms with Gasteiger partial charge in [-0.05, 0) is 23.6 Å². The van der Waals surface area contributed by atoms with Crippen molar-refractivity contribution in [3.8, 4) is 0 Å². The lowest BCUT2D eigenvalue weighted by atomic mass is 9.95. The van der Waals surface area contributed by atoms with Gasteiger partial charge in [0, 0.05) is 25.0 Å². The molecule has 0 aromatic heterocycles. The molecule has 1 aromatic carbocycles. The van der Waals surface area contributed by atoms with Crippen molar-refractivity contribution in [1.29, 1.82) is 0 Å². The van der Waals surface area contributed by atoms with Crippen LogP contribution in [0.5, 0.6) is 0 Å². The molecule has 1 aliphatic heterocycles. The normalized spacial score (nSPS) is 15.1. The van der Waals surface area contributed by atoms with Crippen molar-refractivity contribution in [3.05, 3.63) is 34.9 Å². The van der Waals surface area contributed by atoms with Crippen LogP contribution in [0.1, 0.15) is 44.4 Å². The van der Waals surface area contributed by atoms with Crippen LogP contribution < -0.4 is 16.0 Å². The van der Waals surface area contributed by atoms with Gasteiger partial charge >= 0.3 is 0 Å². The Balaban J connectivity index is 1.86. The molecule has 2 amide bonds. The standard InChI is InChI=1S/C17H25N3O2/c1-11(20-16(22)17(2,3)4)15(21)19-8-12-5-6-13-9-18-10-14(13)7-12/h5-7,11,18H,8-10H2,1-4H3,(H,19,21)(H,20,22). The Labute approximate surface area is 131 Å². The summed E-state index contributed by atoms with van der Waals surface area (Å²) in [5.41, 5.74) is 3.19. The zero-order valence-corrected chi connectivity index (χ0v) is 13.7. The van der Waals surface area contributed by atoms with Crippen molar-refractivity contribution < 1.29 is 9.59 Å². The first-order chi connectivity index (χ1) is 10.3. The lowest BCUT2D eigenvalue weighted by Gasteiger charge is -2.21. The largest absolute Gasteiger partial charge is 0.350 e. The van der Waals surface area contributed by atoms with Gasteiger partial charge in [0.05, 0.1) is 0 Å². The second-order valence-corrected chi connectivity index (χ2v) is 6.87. The second-order valence-electron chi connectivity index (χ2n) is 6.87. The minimum absolute atomic E-state index is 0.126. The van der Waals surface area contributed by atoms with Gasteiger partial charge < -0.3 is 16.0 Å². The molecule has 1 atom stereocenters. The summed E-state index contributed by atoms with van der Waals surface area (Å²) in [4.78, 5) is 24.0. The Kier molecular flexibility index (Phi) is 4.86. The van der Waals surface area contributed by atoms with E-state index < -0.39 is 11.5 Å². The lowest BCUT2D eigenvalue weighted by Crippen LogP contribution is -2.48. The number of rotatable bonds is 4. The fourth-order valence-electron chi connectivity index (χ4n) is 2.28. The molecule has 22 heavy (non-hydrogen) atoms. The fraction of sp³-hybridized carbons (Fsp3) is 0.529. The van der Waals surface area contributed by atoms with Gasteiger partial charge in [-0.25, -0.2) is 0 Å². The quantitative estimate of drug-likeness (QED) is 0.788. The summed E-state index contributed by atoms with van der Waals surface area (Å²) in [6.45, 7) is 9.45. The summed E-state index contributed by atoms with van der Waals surface area (Å²) < 4.78 is 0.